The fourth-order valence-corrected chi connectivity index (χ4v) is 3.18. The molecule has 1 aromatic heterocycles. The quantitative estimate of drug-likeness (QED) is 0.363. The van der Waals surface area contributed by atoms with Gasteiger partial charge in [-0.3, -0.25) is 0 Å². The SMILES string of the molecule is CCOc1ccc2ccccc2c1/C=N/Nc1nncc(-c2ccccc2OC)n1. The Morgan fingerprint density at radius 3 is 2.70 bits per heavy atom. The van der Waals surface area contributed by atoms with E-state index >= 15 is 0 Å². The van der Waals surface area contributed by atoms with E-state index in [1.54, 1.807) is 19.5 Å². The molecule has 0 bridgehead atoms. The molecule has 0 radical (unpaired) electrons. The second-order valence-electron chi connectivity index (χ2n) is 6.37. The summed E-state index contributed by atoms with van der Waals surface area (Å²) in [5.74, 6) is 1.76. The number of methoxy groups -OCH3 is 1. The fraction of sp³-hybridized carbons (Fsp3) is 0.130. The summed E-state index contributed by atoms with van der Waals surface area (Å²) in [7, 11) is 1.62. The third-order valence-corrected chi connectivity index (χ3v) is 4.53. The van der Waals surface area contributed by atoms with E-state index in [9.17, 15) is 0 Å². The number of hydrazone groups is 1. The molecular weight excluding hydrogens is 378 g/mol. The Kier molecular flexibility index (Phi) is 5.80. The molecule has 1 N–H and O–H groups in total. The summed E-state index contributed by atoms with van der Waals surface area (Å²) in [4.78, 5) is 4.49. The molecule has 0 saturated heterocycles. The fourth-order valence-electron chi connectivity index (χ4n) is 3.18. The van der Waals surface area contributed by atoms with Crippen molar-refractivity contribution in [2.75, 3.05) is 19.1 Å². The van der Waals surface area contributed by atoms with Crippen molar-refractivity contribution in [1.29, 1.82) is 0 Å². The lowest BCUT2D eigenvalue weighted by atomic mass is 10.0. The number of aromatic nitrogens is 3. The molecule has 4 aromatic rings. The number of para-hydroxylation sites is 1. The maximum Gasteiger partial charge on any atom is 0.263 e. The Morgan fingerprint density at radius 2 is 1.83 bits per heavy atom. The molecule has 150 valence electrons. The number of fused-ring (bicyclic) bond motifs is 1. The predicted molar refractivity (Wildman–Crippen MR) is 118 cm³/mol. The van der Waals surface area contributed by atoms with E-state index in [1.165, 1.54) is 0 Å². The van der Waals surface area contributed by atoms with Crippen LogP contribution in [0.1, 0.15) is 12.5 Å². The van der Waals surface area contributed by atoms with Crippen LogP contribution in [0.15, 0.2) is 72.0 Å². The summed E-state index contributed by atoms with van der Waals surface area (Å²) >= 11 is 0. The highest BCUT2D eigenvalue weighted by atomic mass is 16.5. The number of nitrogens with zero attached hydrogens (tertiary/aromatic N) is 4. The minimum absolute atomic E-state index is 0.285. The lowest BCUT2D eigenvalue weighted by Crippen LogP contribution is -2.02. The maximum absolute atomic E-state index is 5.77. The molecule has 30 heavy (non-hydrogen) atoms. The maximum atomic E-state index is 5.77. The van der Waals surface area contributed by atoms with Gasteiger partial charge in [-0.1, -0.05) is 42.5 Å². The van der Waals surface area contributed by atoms with Crippen molar-refractivity contribution >= 4 is 22.9 Å². The van der Waals surface area contributed by atoms with Crippen LogP contribution < -0.4 is 14.9 Å². The van der Waals surface area contributed by atoms with Gasteiger partial charge in [0.1, 0.15) is 11.5 Å². The molecular formula is C23H21N5O2. The van der Waals surface area contributed by atoms with Crippen molar-refractivity contribution in [3.8, 4) is 22.8 Å². The zero-order valence-electron chi connectivity index (χ0n) is 16.7. The Balaban J connectivity index is 1.62. The molecule has 7 heteroatoms. The third-order valence-electron chi connectivity index (χ3n) is 4.53. The van der Waals surface area contributed by atoms with Gasteiger partial charge in [-0.15, -0.1) is 5.10 Å². The molecule has 1 heterocycles. The summed E-state index contributed by atoms with van der Waals surface area (Å²) in [6.07, 6.45) is 3.30. The van der Waals surface area contributed by atoms with Crippen LogP contribution in [0.2, 0.25) is 0 Å². The number of nitrogens with one attached hydrogen (secondary N) is 1. The van der Waals surface area contributed by atoms with E-state index < -0.39 is 0 Å². The van der Waals surface area contributed by atoms with Crippen LogP contribution in [-0.4, -0.2) is 35.1 Å². The van der Waals surface area contributed by atoms with E-state index in [4.69, 9.17) is 9.47 Å². The van der Waals surface area contributed by atoms with Crippen LogP contribution in [0.5, 0.6) is 11.5 Å². The first kappa shape index (κ1) is 19.3. The summed E-state index contributed by atoms with van der Waals surface area (Å²) < 4.78 is 11.2. The van der Waals surface area contributed by atoms with Crippen molar-refractivity contribution in [1.82, 2.24) is 15.2 Å². The van der Waals surface area contributed by atoms with E-state index in [0.717, 1.165) is 27.6 Å². The van der Waals surface area contributed by atoms with Gasteiger partial charge in [0.05, 0.1) is 31.8 Å². The molecule has 4 rings (SSSR count). The molecule has 0 unspecified atom stereocenters. The summed E-state index contributed by atoms with van der Waals surface area (Å²) in [5, 5.41) is 14.5. The van der Waals surface area contributed by atoms with Crippen molar-refractivity contribution in [2.24, 2.45) is 5.10 Å². The largest absolute Gasteiger partial charge is 0.496 e. The lowest BCUT2D eigenvalue weighted by Gasteiger charge is -2.10. The minimum atomic E-state index is 0.285. The average Bonchev–Trinajstić information content (AvgIpc) is 2.80. The first-order valence-electron chi connectivity index (χ1n) is 9.57. The number of hydrogen-bond acceptors (Lipinski definition) is 7. The first-order valence-corrected chi connectivity index (χ1v) is 9.57. The van der Waals surface area contributed by atoms with Crippen molar-refractivity contribution < 1.29 is 9.47 Å². The number of hydrogen-bond donors (Lipinski definition) is 1. The van der Waals surface area contributed by atoms with Gasteiger partial charge >= 0.3 is 0 Å². The Hall–Kier alpha value is -4.00. The minimum Gasteiger partial charge on any atom is -0.496 e. The van der Waals surface area contributed by atoms with Crippen LogP contribution in [0.25, 0.3) is 22.0 Å². The van der Waals surface area contributed by atoms with Gasteiger partial charge in [0, 0.05) is 11.1 Å². The number of ether oxygens (including phenoxy) is 2. The molecule has 0 aliphatic heterocycles. The number of benzene rings is 3. The molecule has 0 spiro atoms. The highest BCUT2D eigenvalue weighted by Gasteiger charge is 2.09. The normalized spacial score (nSPS) is 11.0. The van der Waals surface area contributed by atoms with Gasteiger partial charge in [0.2, 0.25) is 0 Å². The highest BCUT2D eigenvalue weighted by molar-refractivity contribution is 6.02. The Morgan fingerprint density at radius 1 is 1.00 bits per heavy atom. The standard InChI is InChI=1S/C23H21N5O2/c1-3-30-22-13-12-16-8-4-5-9-17(16)19(22)14-24-27-23-26-20(15-25-28-23)18-10-6-7-11-21(18)29-2/h4-15H,3H2,1-2H3,(H,26,27,28)/b24-14+. The summed E-state index contributed by atoms with van der Waals surface area (Å²) in [5.41, 5.74) is 5.22. The lowest BCUT2D eigenvalue weighted by molar-refractivity contribution is 0.340. The van der Waals surface area contributed by atoms with Crippen molar-refractivity contribution in [3.63, 3.8) is 0 Å². The average molecular weight is 399 g/mol. The topological polar surface area (TPSA) is 81.5 Å². The smallest absolute Gasteiger partial charge is 0.263 e. The van der Waals surface area contributed by atoms with E-state index in [2.05, 4.69) is 31.8 Å². The monoisotopic (exact) mass is 399 g/mol. The van der Waals surface area contributed by atoms with Gasteiger partial charge in [-0.25, -0.2) is 10.4 Å². The first-order chi connectivity index (χ1) is 14.8. The molecule has 0 atom stereocenters. The Labute approximate surface area is 174 Å². The van der Waals surface area contributed by atoms with Gasteiger partial charge in [0.15, 0.2) is 0 Å². The summed E-state index contributed by atoms with van der Waals surface area (Å²) in [6.45, 7) is 2.53. The molecule has 0 saturated carbocycles. The predicted octanol–water partition coefficient (Wildman–Crippen LogP) is 4.55. The second-order valence-corrected chi connectivity index (χ2v) is 6.37. The molecule has 3 aromatic carbocycles. The van der Waals surface area contributed by atoms with Crippen LogP contribution in [0.3, 0.4) is 0 Å². The second kappa shape index (κ2) is 9.00. The van der Waals surface area contributed by atoms with Crippen molar-refractivity contribution in [2.45, 2.75) is 6.92 Å². The molecule has 0 fully saturated rings. The molecule has 7 nitrogen and oxygen atoms in total. The van der Waals surface area contributed by atoms with Crippen LogP contribution in [0, 0.1) is 0 Å². The highest BCUT2D eigenvalue weighted by Crippen LogP contribution is 2.28. The Bertz CT molecular complexity index is 1190. The van der Waals surface area contributed by atoms with E-state index in [0.29, 0.717) is 18.1 Å². The van der Waals surface area contributed by atoms with E-state index in [-0.39, 0.29) is 5.95 Å². The van der Waals surface area contributed by atoms with Gasteiger partial charge in [-0.2, -0.15) is 10.2 Å². The molecule has 0 aliphatic rings. The van der Waals surface area contributed by atoms with E-state index in [1.807, 2.05) is 61.5 Å². The zero-order valence-corrected chi connectivity index (χ0v) is 16.7. The molecule has 0 amide bonds. The van der Waals surface area contributed by atoms with Crippen LogP contribution in [0.4, 0.5) is 5.95 Å². The van der Waals surface area contributed by atoms with Gasteiger partial charge in [-0.05, 0) is 35.9 Å². The van der Waals surface area contributed by atoms with Crippen molar-refractivity contribution in [3.05, 3.63) is 72.4 Å². The number of anilines is 1. The van der Waals surface area contributed by atoms with Gasteiger partial charge < -0.3 is 9.47 Å². The number of rotatable bonds is 7. The van der Waals surface area contributed by atoms with Crippen LogP contribution in [-0.2, 0) is 0 Å². The third kappa shape index (κ3) is 4.05. The molecule has 0 aliphatic carbocycles. The zero-order chi connectivity index (χ0) is 20.8. The van der Waals surface area contributed by atoms with Gasteiger partial charge in [0.25, 0.3) is 5.95 Å². The summed E-state index contributed by atoms with van der Waals surface area (Å²) in [6, 6.07) is 19.7. The van der Waals surface area contributed by atoms with Crippen LogP contribution >= 0.6 is 0 Å².